The molecule has 2 heterocycles. The third kappa shape index (κ3) is 2.88. The zero-order chi connectivity index (χ0) is 14.0. The molecule has 0 saturated carbocycles. The van der Waals surface area contributed by atoms with Crippen LogP contribution >= 0.6 is 11.8 Å². The van der Waals surface area contributed by atoms with Crippen molar-refractivity contribution in [1.82, 2.24) is 0 Å². The maximum Gasteiger partial charge on any atom is 0.161 e. The molecule has 5 heteroatoms. The first-order chi connectivity index (χ1) is 9.67. The lowest BCUT2D eigenvalue weighted by Crippen LogP contribution is -2.34. The number of amidine groups is 1. The molecule has 0 radical (unpaired) electrons. The second kappa shape index (κ2) is 5.58. The van der Waals surface area contributed by atoms with Gasteiger partial charge in [-0.2, -0.15) is 0 Å². The number of rotatable bonds is 2. The number of carbonyl (C=O) groups excluding carboxylic acids is 1. The molecular formula is C15H18N2O2S. The second-order valence-electron chi connectivity index (χ2n) is 5.30. The predicted octanol–water partition coefficient (Wildman–Crippen LogP) is 2.95. The van der Waals surface area contributed by atoms with Crippen LogP contribution in [0.15, 0.2) is 29.3 Å². The van der Waals surface area contributed by atoms with Crippen molar-refractivity contribution >= 4 is 28.4 Å². The third-order valence-electron chi connectivity index (χ3n) is 3.78. The maximum atomic E-state index is 11.2. The molecule has 0 aliphatic carbocycles. The summed E-state index contributed by atoms with van der Waals surface area (Å²) < 4.78 is 5.41. The van der Waals surface area contributed by atoms with E-state index in [4.69, 9.17) is 9.73 Å². The van der Waals surface area contributed by atoms with Crippen LogP contribution in [0, 0.1) is 0 Å². The molecule has 20 heavy (non-hydrogen) atoms. The van der Waals surface area contributed by atoms with Crippen LogP contribution in [0.5, 0.6) is 0 Å². The number of nitrogens with one attached hydrogen (secondary N) is 1. The van der Waals surface area contributed by atoms with Crippen LogP contribution in [0.2, 0.25) is 0 Å². The van der Waals surface area contributed by atoms with Crippen LogP contribution in [-0.2, 0) is 4.74 Å². The quantitative estimate of drug-likeness (QED) is 0.851. The average Bonchev–Trinajstić information content (AvgIpc) is 2.83. The summed E-state index contributed by atoms with van der Waals surface area (Å²) in [5, 5.41) is 4.31. The van der Waals surface area contributed by atoms with Gasteiger partial charge in [-0.05, 0) is 44.0 Å². The molecule has 106 valence electrons. The van der Waals surface area contributed by atoms with E-state index in [2.05, 4.69) is 5.32 Å². The lowest BCUT2D eigenvalue weighted by atomic mass is 9.93. The highest BCUT2D eigenvalue weighted by molar-refractivity contribution is 8.14. The number of hydrogen-bond acceptors (Lipinski definition) is 5. The minimum atomic E-state index is 0.0740. The summed E-state index contributed by atoms with van der Waals surface area (Å²) >= 11 is 1.77. The first kappa shape index (κ1) is 13.6. The topological polar surface area (TPSA) is 50.7 Å². The highest BCUT2D eigenvalue weighted by atomic mass is 32.2. The zero-order valence-electron chi connectivity index (χ0n) is 11.5. The van der Waals surface area contributed by atoms with E-state index in [0.29, 0.717) is 0 Å². The Balaban J connectivity index is 1.69. The van der Waals surface area contributed by atoms with Crippen LogP contribution in [0.3, 0.4) is 0 Å². The molecule has 0 aromatic heterocycles. The van der Waals surface area contributed by atoms with Gasteiger partial charge in [0.1, 0.15) is 0 Å². The Morgan fingerprint density at radius 3 is 2.65 bits per heavy atom. The van der Waals surface area contributed by atoms with Crippen molar-refractivity contribution in [2.75, 3.05) is 24.3 Å². The summed E-state index contributed by atoms with van der Waals surface area (Å²) in [4.78, 5) is 16.1. The Hall–Kier alpha value is -1.33. The van der Waals surface area contributed by atoms with Gasteiger partial charge in [-0.3, -0.25) is 9.79 Å². The highest BCUT2D eigenvalue weighted by Gasteiger charge is 2.37. The highest BCUT2D eigenvalue weighted by Crippen LogP contribution is 2.36. The number of aliphatic imine (C=N–C) groups is 1. The van der Waals surface area contributed by atoms with Gasteiger partial charge in [0.25, 0.3) is 0 Å². The number of carbonyl (C=O) groups is 1. The van der Waals surface area contributed by atoms with E-state index >= 15 is 0 Å². The Morgan fingerprint density at radius 1 is 1.30 bits per heavy atom. The number of nitrogens with zero attached hydrogens (tertiary/aromatic N) is 1. The number of ketones is 1. The summed E-state index contributed by atoms with van der Waals surface area (Å²) in [6, 6.07) is 7.54. The minimum Gasteiger partial charge on any atom is -0.381 e. The van der Waals surface area contributed by atoms with Crippen LogP contribution in [0.25, 0.3) is 0 Å². The SMILES string of the molecule is CC(=O)c1ccc(NC2=NC3(CCOCC3)CS2)cc1. The fourth-order valence-electron chi connectivity index (χ4n) is 2.47. The molecule has 1 aromatic carbocycles. The van der Waals surface area contributed by atoms with Gasteiger partial charge in [-0.25, -0.2) is 0 Å². The van der Waals surface area contributed by atoms with Crippen LogP contribution in [-0.4, -0.2) is 35.5 Å². The molecule has 0 bridgehead atoms. The predicted molar refractivity (Wildman–Crippen MR) is 82.7 cm³/mol. The van der Waals surface area contributed by atoms with E-state index in [0.717, 1.165) is 48.2 Å². The Bertz CT molecular complexity index is 533. The number of ether oxygens (including phenoxy) is 1. The van der Waals surface area contributed by atoms with Crippen molar-refractivity contribution < 1.29 is 9.53 Å². The van der Waals surface area contributed by atoms with E-state index in [-0.39, 0.29) is 11.3 Å². The number of Topliss-reactive ketones (excluding diaryl/α,β-unsaturated/α-hetero) is 1. The van der Waals surface area contributed by atoms with E-state index in [1.165, 1.54) is 0 Å². The zero-order valence-corrected chi connectivity index (χ0v) is 12.3. The Labute approximate surface area is 123 Å². The van der Waals surface area contributed by atoms with E-state index in [1.54, 1.807) is 18.7 Å². The summed E-state index contributed by atoms with van der Waals surface area (Å²) in [5.74, 6) is 1.12. The average molecular weight is 290 g/mol. The van der Waals surface area contributed by atoms with Gasteiger partial charge in [-0.1, -0.05) is 11.8 Å². The number of hydrogen-bond donors (Lipinski definition) is 1. The van der Waals surface area contributed by atoms with Gasteiger partial charge in [-0.15, -0.1) is 0 Å². The van der Waals surface area contributed by atoms with Gasteiger partial charge in [0.15, 0.2) is 11.0 Å². The molecule has 0 amide bonds. The normalized spacial score (nSPS) is 20.8. The molecule has 1 aromatic rings. The van der Waals surface area contributed by atoms with E-state index in [9.17, 15) is 4.79 Å². The summed E-state index contributed by atoms with van der Waals surface area (Å²) in [6.07, 6.45) is 2.02. The monoisotopic (exact) mass is 290 g/mol. The fraction of sp³-hybridized carbons (Fsp3) is 0.467. The number of benzene rings is 1. The van der Waals surface area contributed by atoms with Gasteiger partial charge in [0.05, 0.1) is 5.54 Å². The molecule has 1 spiro atoms. The van der Waals surface area contributed by atoms with Crippen molar-refractivity contribution in [3.63, 3.8) is 0 Å². The Kier molecular flexibility index (Phi) is 3.81. The Morgan fingerprint density at radius 2 is 2.00 bits per heavy atom. The van der Waals surface area contributed by atoms with Gasteiger partial charge in [0.2, 0.25) is 0 Å². The smallest absolute Gasteiger partial charge is 0.161 e. The first-order valence-electron chi connectivity index (χ1n) is 6.85. The van der Waals surface area contributed by atoms with Crippen molar-refractivity contribution in [1.29, 1.82) is 0 Å². The molecule has 0 unspecified atom stereocenters. The number of anilines is 1. The minimum absolute atomic E-state index is 0.0740. The standard InChI is InChI=1S/C15H18N2O2S/c1-11(18)12-2-4-13(5-3-12)16-14-17-15(10-20-14)6-8-19-9-7-15/h2-5H,6-10H2,1H3,(H,16,17). The molecule has 2 aliphatic rings. The van der Waals surface area contributed by atoms with Crippen molar-refractivity contribution in [3.05, 3.63) is 29.8 Å². The van der Waals surface area contributed by atoms with Gasteiger partial charge >= 0.3 is 0 Å². The molecule has 4 nitrogen and oxygen atoms in total. The summed E-state index contributed by atoms with van der Waals surface area (Å²) in [5.41, 5.74) is 1.78. The molecule has 1 fully saturated rings. The molecule has 1 N–H and O–H groups in total. The van der Waals surface area contributed by atoms with Crippen LogP contribution in [0.4, 0.5) is 5.69 Å². The summed E-state index contributed by atoms with van der Waals surface area (Å²) in [6.45, 7) is 3.20. The molecule has 0 atom stereocenters. The lowest BCUT2D eigenvalue weighted by molar-refractivity contribution is 0.0624. The maximum absolute atomic E-state index is 11.2. The largest absolute Gasteiger partial charge is 0.381 e. The number of thioether (sulfide) groups is 1. The van der Waals surface area contributed by atoms with E-state index < -0.39 is 0 Å². The van der Waals surface area contributed by atoms with Gasteiger partial charge in [0, 0.05) is 30.2 Å². The third-order valence-corrected chi connectivity index (χ3v) is 4.93. The van der Waals surface area contributed by atoms with Crippen molar-refractivity contribution in [2.24, 2.45) is 4.99 Å². The van der Waals surface area contributed by atoms with Crippen molar-refractivity contribution in [2.45, 2.75) is 25.3 Å². The molecular weight excluding hydrogens is 272 g/mol. The van der Waals surface area contributed by atoms with Crippen LogP contribution in [0.1, 0.15) is 30.1 Å². The van der Waals surface area contributed by atoms with Crippen LogP contribution < -0.4 is 5.32 Å². The van der Waals surface area contributed by atoms with Gasteiger partial charge < -0.3 is 10.1 Å². The first-order valence-corrected chi connectivity index (χ1v) is 7.84. The fourth-order valence-corrected chi connectivity index (χ4v) is 3.67. The molecule has 3 rings (SSSR count). The van der Waals surface area contributed by atoms with Crippen molar-refractivity contribution in [3.8, 4) is 0 Å². The molecule has 2 aliphatic heterocycles. The lowest BCUT2D eigenvalue weighted by Gasteiger charge is -2.29. The second-order valence-corrected chi connectivity index (χ2v) is 6.26. The molecule has 1 saturated heterocycles. The summed E-state index contributed by atoms with van der Waals surface area (Å²) in [7, 11) is 0. The van der Waals surface area contributed by atoms with E-state index in [1.807, 2.05) is 24.3 Å².